The molecule has 0 saturated heterocycles. The largest absolute Gasteiger partial charge is 0.481 e. The number of carbonyl (C=O) groups is 2. The van der Waals surface area contributed by atoms with Crippen molar-refractivity contribution in [2.75, 3.05) is 5.32 Å². The zero-order valence-electron chi connectivity index (χ0n) is 16.7. The van der Waals surface area contributed by atoms with E-state index in [0.29, 0.717) is 17.4 Å². The van der Waals surface area contributed by atoms with E-state index in [1.807, 2.05) is 66.7 Å². The summed E-state index contributed by atoms with van der Waals surface area (Å²) in [4.78, 5) is 24.2. The first-order valence-corrected chi connectivity index (χ1v) is 9.54. The molecule has 0 saturated carbocycles. The SMILES string of the molecule is CC(Oc1ccc2ccccc2c1)C(=O)NNC(=O)Nc1ccc(C(C)C)cc1. The van der Waals surface area contributed by atoms with Gasteiger partial charge in [0.2, 0.25) is 0 Å². The van der Waals surface area contributed by atoms with Gasteiger partial charge >= 0.3 is 6.03 Å². The van der Waals surface area contributed by atoms with E-state index in [1.165, 1.54) is 5.56 Å². The van der Waals surface area contributed by atoms with E-state index in [-0.39, 0.29) is 0 Å². The van der Waals surface area contributed by atoms with Gasteiger partial charge in [-0.3, -0.25) is 10.2 Å². The van der Waals surface area contributed by atoms with E-state index in [9.17, 15) is 9.59 Å². The summed E-state index contributed by atoms with van der Waals surface area (Å²) in [6.07, 6.45) is -0.776. The number of hydrogen-bond acceptors (Lipinski definition) is 3. The lowest BCUT2D eigenvalue weighted by atomic mass is 10.0. The van der Waals surface area contributed by atoms with Crippen LogP contribution in [0.5, 0.6) is 5.75 Å². The molecular formula is C23H25N3O3. The van der Waals surface area contributed by atoms with Gasteiger partial charge in [0.05, 0.1) is 0 Å². The summed E-state index contributed by atoms with van der Waals surface area (Å²) < 4.78 is 5.69. The molecular weight excluding hydrogens is 366 g/mol. The van der Waals surface area contributed by atoms with Gasteiger partial charge in [0.1, 0.15) is 5.75 Å². The highest BCUT2D eigenvalue weighted by Gasteiger charge is 2.15. The maximum atomic E-state index is 12.2. The van der Waals surface area contributed by atoms with Gasteiger partial charge in [0.25, 0.3) is 5.91 Å². The molecule has 6 nitrogen and oxygen atoms in total. The molecule has 0 aromatic heterocycles. The smallest absolute Gasteiger partial charge is 0.337 e. The van der Waals surface area contributed by atoms with Crippen molar-refractivity contribution < 1.29 is 14.3 Å². The number of anilines is 1. The van der Waals surface area contributed by atoms with E-state index in [0.717, 1.165) is 10.8 Å². The maximum Gasteiger partial charge on any atom is 0.337 e. The standard InChI is InChI=1S/C23H25N3O3/c1-15(2)17-8-11-20(12-9-17)24-23(28)26-25-22(27)16(3)29-21-13-10-18-6-4-5-7-19(18)14-21/h4-16H,1-3H3,(H,25,27)(H2,24,26,28). The summed E-state index contributed by atoms with van der Waals surface area (Å²) in [6, 6.07) is 20.5. The van der Waals surface area contributed by atoms with Crippen LogP contribution in [0.4, 0.5) is 10.5 Å². The fourth-order valence-corrected chi connectivity index (χ4v) is 2.83. The second-order valence-corrected chi connectivity index (χ2v) is 7.11. The Bertz CT molecular complexity index is 1000. The van der Waals surface area contributed by atoms with E-state index < -0.39 is 18.0 Å². The molecule has 0 aliphatic rings. The number of hydrazine groups is 1. The first-order chi connectivity index (χ1) is 13.9. The molecule has 0 radical (unpaired) electrons. The third kappa shape index (κ3) is 5.48. The van der Waals surface area contributed by atoms with Crippen molar-refractivity contribution in [3.63, 3.8) is 0 Å². The molecule has 0 aliphatic carbocycles. The molecule has 0 bridgehead atoms. The Hall–Kier alpha value is -3.54. The summed E-state index contributed by atoms with van der Waals surface area (Å²) in [5.41, 5.74) is 6.52. The van der Waals surface area contributed by atoms with Gasteiger partial charge in [-0.1, -0.05) is 56.3 Å². The summed E-state index contributed by atoms with van der Waals surface area (Å²) >= 11 is 0. The number of amides is 3. The van der Waals surface area contributed by atoms with Crippen LogP contribution < -0.4 is 20.9 Å². The number of carbonyl (C=O) groups excluding carboxylic acids is 2. The molecule has 3 N–H and O–H groups in total. The summed E-state index contributed by atoms with van der Waals surface area (Å²) in [6.45, 7) is 5.83. The zero-order valence-corrected chi connectivity index (χ0v) is 16.7. The molecule has 3 aromatic carbocycles. The summed E-state index contributed by atoms with van der Waals surface area (Å²) in [7, 11) is 0. The number of urea groups is 1. The first-order valence-electron chi connectivity index (χ1n) is 9.54. The van der Waals surface area contributed by atoms with Crippen LogP contribution in [0.1, 0.15) is 32.3 Å². The second-order valence-electron chi connectivity index (χ2n) is 7.11. The van der Waals surface area contributed by atoms with Gasteiger partial charge in [0, 0.05) is 5.69 Å². The molecule has 0 fully saturated rings. The number of benzene rings is 3. The molecule has 29 heavy (non-hydrogen) atoms. The van der Waals surface area contributed by atoms with Crippen LogP contribution in [0, 0.1) is 0 Å². The Morgan fingerprint density at radius 3 is 2.21 bits per heavy atom. The number of fused-ring (bicyclic) bond motifs is 1. The molecule has 3 aromatic rings. The monoisotopic (exact) mass is 391 g/mol. The average Bonchev–Trinajstić information content (AvgIpc) is 2.72. The van der Waals surface area contributed by atoms with Crippen molar-refractivity contribution in [3.8, 4) is 5.75 Å². The lowest BCUT2D eigenvalue weighted by Gasteiger charge is -2.16. The Morgan fingerprint density at radius 2 is 1.52 bits per heavy atom. The lowest BCUT2D eigenvalue weighted by molar-refractivity contribution is -0.127. The van der Waals surface area contributed by atoms with Crippen molar-refractivity contribution in [1.29, 1.82) is 0 Å². The van der Waals surface area contributed by atoms with Crippen LogP contribution in [-0.2, 0) is 4.79 Å². The van der Waals surface area contributed by atoms with Crippen molar-refractivity contribution in [2.45, 2.75) is 32.8 Å². The van der Waals surface area contributed by atoms with Gasteiger partial charge in [-0.15, -0.1) is 0 Å². The van der Waals surface area contributed by atoms with E-state index in [4.69, 9.17) is 4.74 Å². The first kappa shape index (κ1) is 20.2. The molecule has 0 spiro atoms. The molecule has 150 valence electrons. The minimum Gasteiger partial charge on any atom is -0.481 e. The second kappa shape index (κ2) is 9.10. The van der Waals surface area contributed by atoms with Crippen LogP contribution in [0.2, 0.25) is 0 Å². The molecule has 3 amide bonds. The summed E-state index contributed by atoms with van der Waals surface area (Å²) in [5.74, 6) is 0.547. The Balaban J connectivity index is 1.49. The van der Waals surface area contributed by atoms with Gasteiger partial charge in [-0.25, -0.2) is 10.2 Å². The fraction of sp³-hybridized carbons (Fsp3) is 0.217. The highest BCUT2D eigenvalue weighted by atomic mass is 16.5. The zero-order chi connectivity index (χ0) is 20.8. The molecule has 0 heterocycles. The molecule has 3 rings (SSSR count). The van der Waals surface area contributed by atoms with Gasteiger partial charge in [0.15, 0.2) is 6.10 Å². The van der Waals surface area contributed by atoms with Crippen LogP contribution in [0.25, 0.3) is 10.8 Å². The average molecular weight is 391 g/mol. The van der Waals surface area contributed by atoms with Gasteiger partial charge < -0.3 is 10.1 Å². The number of nitrogens with one attached hydrogen (secondary N) is 3. The van der Waals surface area contributed by atoms with Crippen LogP contribution in [0.3, 0.4) is 0 Å². The van der Waals surface area contributed by atoms with Crippen molar-refractivity contribution >= 4 is 28.4 Å². The number of ether oxygens (including phenoxy) is 1. The molecule has 0 aliphatic heterocycles. The Kier molecular flexibility index (Phi) is 6.34. The highest BCUT2D eigenvalue weighted by Crippen LogP contribution is 2.21. The maximum absolute atomic E-state index is 12.2. The number of hydrogen-bond donors (Lipinski definition) is 3. The van der Waals surface area contributed by atoms with Crippen LogP contribution in [-0.4, -0.2) is 18.0 Å². The predicted octanol–water partition coefficient (Wildman–Crippen LogP) is 4.58. The molecule has 1 atom stereocenters. The normalized spacial score (nSPS) is 11.7. The Morgan fingerprint density at radius 1 is 0.828 bits per heavy atom. The summed E-state index contributed by atoms with van der Waals surface area (Å²) in [5, 5.41) is 4.79. The third-order valence-corrected chi connectivity index (χ3v) is 4.54. The van der Waals surface area contributed by atoms with Gasteiger partial charge in [-0.2, -0.15) is 0 Å². The minimum atomic E-state index is -0.776. The Labute approximate surface area is 170 Å². The van der Waals surface area contributed by atoms with Crippen LogP contribution >= 0.6 is 0 Å². The van der Waals surface area contributed by atoms with Crippen molar-refractivity contribution in [2.24, 2.45) is 0 Å². The number of rotatable bonds is 5. The van der Waals surface area contributed by atoms with Gasteiger partial charge in [-0.05, 0) is 53.4 Å². The van der Waals surface area contributed by atoms with Crippen LogP contribution in [0.15, 0.2) is 66.7 Å². The van der Waals surface area contributed by atoms with Crippen molar-refractivity contribution in [1.82, 2.24) is 10.9 Å². The lowest BCUT2D eigenvalue weighted by Crippen LogP contribution is -2.48. The quantitative estimate of drug-likeness (QED) is 0.557. The third-order valence-electron chi connectivity index (χ3n) is 4.54. The molecule has 6 heteroatoms. The topological polar surface area (TPSA) is 79.5 Å². The van der Waals surface area contributed by atoms with Crippen molar-refractivity contribution in [3.05, 3.63) is 72.3 Å². The molecule has 1 unspecified atom stereocenters. The van der Waals surface area contributed by atoms with E-state index in [1.54, 1.807) is 6.92 Å². The fourth-order valence-electron chi connectivity index (χ4n) is 2.83. The predicted molar refractivity (Wildman–Crippen MR) is 115 cm³/mol. The van der Waals surface area contributed by atoms with E-state index in [2.05, 4.69) is 30.0 Å². The minimum absolute atomic E-state index is 0.418. The van der Waals surface area contributed by atoms with E-state index >= 15 is 0 Å². The highest BCUT2D eigenvalue weighted by molar-refractivity contribution is 5.91.